The van der Waals surface area contributed by atoms with Crippen molar-refractivity contribution in [3.05, 3.63) is 21.3 Å². The molecule has 0 saturated carbocycles. The van der Waals surface area contributed by atoms with Crippen molar-refractivity contribution in [2.75, 3.05) is 18.0 Å². The van der Waals surface area contributed by atoms with Crippen molar-refractivity contribution in [3.8, 4) is 0 Å². The molecule has 1 rings (SSSR count). The summed E-state index contributed by atoms with van der Waals surface area (Å²) in [5, 5.41) is 1.23. The molecular weight excluding hydrogens is 291 g/mol. The van der Waals surface area contributed by atoms with Gasteiger partial charge in [-0.2, -0.15) is 0 Å². The summed E-state index contributed by atoms with van der Waals surface area (Å²) in [6.07, 6.45) is 0. The molecular formula is C13H19Cl3N2. The van der Waals surface area contributed by atoms with Crippen molar-refractivity contribution in [1.29, 1.82) is 0 Å². The first-order chi connectivity index (χ1) is 8.31. The Morgan fingerprint density at radius 3 is 1.94 bits per heavy atom. The van der Waals surface area contributed by atoms with E-state index in [0.29, 0.717) is 32.9 Å². The highest BCUT2D eigenvalue weighted by Crippen LogP contribution is 2.31. The zero-order valence-electron chi connectivity index (χ0n) is 11.2. The van der Waals surface area contributed by atoms with Crippen LogP contribution < -0.4 is 4.90 Å². The molecule has 0 fully saturated rings. The van der Waals surface area contributed by atoms with Crippen LogP contribution in [0.1, 0.15) is 27.7 Å². The number of aromatic nitrogens is 1. The van der Waals surface area contributed by atoms with Gasteiger partial charge in [-0.1, -0.05) is 62.5 Å². The molecule has 1 aromatic heterocycles. The molecule has 0 bridgehead atoms. The minimum Gasteiger partial charge on any atom is -0.355 e. The van der Waals surface area contributed by atoms with Crippen molar-refractivity contribution in [2.24, 2.45) is 11.8 Å². The molecule has 0 unspecified atom stereocenters. The van der Waals surface area contributed by atoms with Crippen LogP contribution in [0.4, 0.5) is 5.82 Å². The summed E-state index contributed by atoms with van der Waals surface area (Å²) in [6, 6.07) is 1.65. The number of halogens is 3. The fraction of sp³-hybridized carbons (Fsp3) is 0.615. The number of hydrogen-bond acceptors (Lipinski definition) is 2. The van der Waals surface area contributed by atoms with Crippen LogP contribution in [0.2, 0.25) is 15.2 Å². The maximum Gasteiger partial charge on any atom is 0.150 e. The summed E-state index contributed by atoms with van der Waals surface area (Å²) < 4.78 is 0. The summed E-state index contributed by atoms with van der Waals surface area (Å²) in [4.78, 5) is 6.47. The SMILES string of the molecule is CC(C)CN(CC(C)C)c1nc(Cl)c(Cl)cc1Cl. The molecule has 0 radical (unpaired) electrons. The van der Waals surface area contributed by atoms with E-state index >= 15 is 0 Å². The van der Waals surface area contributed by atoms with Crippen molar-refractivity contribution in [1.82, 2.24) is 4.98 Å². The van der Waals surface area contributed by atoms with Crippen LogP contribution >= 0.6 is 34.8 Å². The molecule has 0 amide bonds. The van der Waals surface area contributed by atoms with Crippen LogP contribution in [0.3, 0.4) is 0 Å². The van der Waals surface area contributed by atoms with Gasteiger partial charge < -0.3 is 4.90 Å². The van der Waals surface area contributed by atoms with Crippen LogP contribution in [-0.4, -0.2) is 18.1 Å². The molecule has 0 atom stereocenters. The highest BCUT2D eigenvalue weighted by atomic mass is 35.5. The van der Waals surface area contributed by atoms with E-state index in [9.17, 15) is 0 Å². The fourth-order valence-corrected chi connectivity index (χ4v) is 2.40. The second-order valence-corrected chi connectivity index (χ2v) is 6.43. The fourth-order valence-electron chi connectivity index (χ4n) is 1.79. The average molecular weight is 310 g/mol. The number of anilines is 1. The second-order valence-electron chi connectivity index (χ2n) is 5.26. The molecule has 18 heavy (non-hydrogen) atoms. The lowest BCUT2D eigenvalue weighted by Crippen LogP contribution is -2.32. The van der Waals surface area contributed by atoms with E-state index in [1.807, 2.05) is 0 Å². The molecule has 0 saturated heterocycles. The normalized spacial score (nSPS) is 11.4. The number of nitrogens with zero attached hydrogens (tertiary/aromatic N) is 2. The maximum atomic E-state index is 6.22. The Kier molecular flexibility index (Phi) is 6.03. The highest BCUT2D eigenvalue weighted by Gasteiger charge is 2.17. The summed E-state index contributed by atoms with van der Waals surface area (Å²) in [5.41, 5.74) is 0. The van der Waals surface area contributed by atoms with Gasteiger partial charge in [-0.05, 0) is 17.9 Å². The lowest BCUT2D eigenvalue weighted by Gasteiger charge is -2.28. The third kappa shape index (κ3) is 4.49. The topological polar surface area (TPSA) is 16.1 Å². The van der Waals surface area contributed by atoms with Crippen LogP contribution in [0.5, 0.6) is 0 Å². The molecule has 0 N–H and O–H groups in total. The van der Waals surface area contributed by atoms with E-state index in [0.717, 1.165) is 13.1 Å². The standard InChI is InChI=1S/C13H19Cl3N2/c1-8(2)6-18(7-9(3)4)13-11(15)5-10(14)12(16)17-13/h5,8-9H,6-7H2,1-4H3. The van der Waals surface area contributed by atoms with Gasteiger partial charge in [-0.15, -0.1) is 0 Å². The Morgan fingerprint density at radius 1 is 1.00 bits per heavy atom. The second kappa shape index (κ2) is 6.83. The smallest absolute Gasteiger partial charge is 0.150 e. The molecule has 0 aliphatic carbocycles. The lowest BCUT2D eigenvalue weighted by molar-refractivity contribution is 0.549. The zero-order chi connectivity index (χ0) is 13.9. The van der Waals surface area contributed by atoms with Crippen LogP contribution in [0, 0.1) is 11.8 Å². The Bertz CT molecular complexity index is 395. The molecule has 0 aliphatic heterocycles. The first-order valence-electron chi connectivity index (χ1n) is 6.07. The Morgan fingerprint density at radius 2 is 1.50 bits per heavy atom. The third-order valence-corrected chi connectivity index (χ3v) is 3.29. The van der Waals surface area contributed by atoms with E-state index in [1.165, 1.54) is 0 Å². The molecule has 2 nitrogen and oxygen atoms in total. The first kappa shape index (κ1) is 15.9. The molecule has 1 aromatic rings. The van der Waals surface area contributed by atoms with Gasteiger partial charge in [0.1, 0.15) is 11.0 Å². The van der Waals surface area contributed by atoms with Gasteiger partial charge in [0, 0.05) is 13.1 Å². The van der Waals surface area contributed by atoms with E-state index in [2.05, 4.69) is 37.6 Å². The monoisotopic (exact) mass is 308 g/mol. The van der Waals surface area contributed by atoms with Gasteiger partial charge in [0.25, 0.3) is 0 Å². The summed E-state index contributed by atoms with van der Waals surface area (Å²) >= 11 is 18.1. The Hall–Kier alpha value is -0.180. The Labute approximate surface area is 124 Å². The Balaban J connectivity index is 3.07. The van der Waals surface area contributed by atoms with Crippen LogP contribution in [-0.2, 0) is 0 Å². The van der Waals surface area contributed by atoms with Gasteiger partial charge in [0.15, 0.2) is 0 Å². The maximum absolute atomic E-state index is 6.22. The number of rotatable bonds is 5. The molecule has 0 aliphatic rings. The quantitative estimate of drug-likeness (QED) is 0.698. The number of pyridine rings is 1. The van der Waals surface area contributed by atoms with Gasteiger partial charge >= 0.3 is 0 Å². The zero-order valence-corrected chi connectivity index (χ0v) is 13.4. The molecule has 102 valence electrons. The minimum atomic E-state index is 0.300. The first-order valence-corrected chi connectivity index (χ1v) is 7.21. The van der Waals surface area contributed by atoms with Crippen molar-refractivity contribution in [2.45, 2.75) is 27.7 Å². The van der Waals surface area contributed by atoms with Crippen LogP contribution in [0.25, 0.3) is 0 Å². The largest absolute Gasteiger partial charge is 0.355 e. The number of hydrogen-bond donors (Lipinski definition) is 0. The van der Waals surface area contributed by atoms with Gasteiger partial charge in [-0.3, -0.25) is 0 Å². The summed E-state index contributed by atoms with van der Waals surface area (Å²) in [5.74, 6) is 1.76. The molecule has 0 aromatic carbocycles. The average Bonchev–Trinajstić information content (AvgIpc) is 2.21. The third-order valence-electron chi connectivity index (χ3n) is 2.34. The molecule has 0 spiro atoms. The summed E-state index contributed by atoms with van der Waals surface area (Å²) in [7, 11) is 0. The molecule has 1 heterocycles. The van der Waals surface area contributed by atoms with E-state index in [1.54, 1.807) is 6.07 Å². The van der Waals surface area contributed by atoms with Gasteiger partial charge in [0.2, 0.25) is 0 Å². The van der Waals surface area contributed by atoms with E-state index in [4.69, 9.17) is 34.8 Å². The van der Waals surface area contributed by atoms with Crippen molar-refractivity contribution >= 4 is 40.6 Å². The van der Waals surface area contributed by atoms with Gasteiger partial charge in [0.05, 0.1) is 10.0 Å². The van der Waals surface area contributed by atoms with Crippen LogP contribution in [0.15, 0.2) is 6.07 Å². The summed E-state index contributed by atoms with van der Waals surface area (Å²) in [6.45, 7) is 10.4. The van der Waals surface area contributed by atoms with Crippen molar-refractivity contribution < 1.29 is 0 Å². The molecule has 5 heteroatoms. The lowest BCUT2D eigenvalue weighted by atomic mass is 10.1. The van der Waals surface area contributed by atoms with E-state index < -0.39 is 0 Å². The van der Waals surface area contributed by atoms with Gasteiger partial charge in [-0.25, -0.2) is 4.98 Å². The predicted molar refractivity (Wildman–Crippen MR) is 81.2 cm³/mol. The predicted octanol–water partition coefficient (Wildman–Crippen LogP) is 5.16. The van der Waals surface area contributed by atoms with E-state index in [-0.39, 0.29) is 0 Å². The highest BCUT2D eigenvalue weighted by molar-refractivity contribution is 6.42. The minimum absolute atomic E-state index is 0.300. The van der Waals surface area contributed by atoms with Crippen molar-refractivity contribution in [3.63, 3.8) is 0 Å².